The smallest absolute Gasteiger partial charge is 0.328 e. The lowest BCUT2D eigenvalue weighted by Crippen LogP contribution is -2.10. The second-order valence-corrected chi connectivity index (χ2v) is 4.40. The number of carbonyl (C=O) groups excluding carboxylic acids is 1. The van der Waals surface area contributed by atoms with Gasteiger partial charge in [0, 0.05) is 23.1 Å². The molecule has 22 heavy (non-hydrogen) atoms. The minimum absolute atomic E-state index is 0.279. The van der Waals surface area contributed by atoms with Crippen molar-refractivity contribution in [3.8, 4) is 10.6 Å². The number of carboxylic acid groups (broad SMARTS) is 2. The largest absolute Gasteiger partial charge is 0.478 e. The molecule has 0 radical (unpaired) electrons. The maximum Gasteiger partial charge on any atom is 0.328 e. The number of carboxylic acids is 2. The first kappa shape index (κ1) is 16.9. The van der Waals surface area contributed by atoms with Crippen LogP contribution in [0, 0.1) is 0 Å². The first-order valence-corrected chi connectivity index (χ1v) is 6.44. The van der Waals surface area contributed by atoms with E-state index in [2.05, 4.69) is 15.2 Å². The van der Waals surface area contributed by atoms with Crippen molar-refractivity contribution in [2.75, 3.05) is 0 Å². The van der Waals surface area contributed by atoms with E-state index in [0.29, 0.717) is 17.2 Å². The number of primary amides is 1. The van der Waals surface area contributed by atoms with Crippen LogP contribution in [0.1, 0.15) is 10.5 Å². The third-order valence-electron chi connectivity index (χ3n) is 1.96. The summed E-state index contributed by atoms with van der Waals surface area (Å²) in [6.07, 6.45) is 4.27. The fourth-order valence-electron chi connectivity index (χ4n) is 1.08. The molecule has 2 heterocycles. The Hall–Kier alpha value is -3.14. The van der Waals surface area contributed by atoms with Crippen molar-refractivity contribution in [1.82, 2.24) is 15.2 Å². The van der Waals surface area contributed by atoms with Crippen LogP contribution in [0.5, 0.6) is 0 Å². The molecular formula is C12H10N4O5S. The molecule has 2 aromatic rings. The minimum Gasteiger partial charge on any atom is -0.478 e. The van der Waals surface area contributed by atoms with Crippen LogP contribution in [0.4, 0.5) is 0 Å². The minimum atomic E-state index is -1.26. The molecule has 0 aliphatic heterocycles. The van der Waals surface area contributed by atoms with Crippen molar-refractivity contribution in [2.45, 2.75) is 0 Å². The number of hydrogen-bond donors (Lipinski definition) is 3. The summed E-state index contributed by atoms with van der Waals surface area (Å²) in [6, 6.07) is 1.77. The Kier molecular flexibility index (Phi) is 6.32. The molecule has 0 atom stereocenters. The van der Waals surface area contributed by atoms with Crippen LogP contribution >= 0.6 is 11.3 Å². The van der Waals surface area contributed by atoms with E-state index < -0.39 is 17.8 Å². The van der Waals surface area contributed by atoms with Crippen LogP contribution in [-0.2, 0) is 9.59 Å². The molecule has 0 saturated heterocycles. The zero-order valence-corrected chi connectivity index (χ0v) is 11.7. The van der Waals surface area contributed by atoms with Gasteiger partial charge < -0.3 is 15.9 Å². The third kappa shape index (κ3) is 5.88. The molecule has 0 unspecified atom stereocenters. The van der Waals surface area contributed by atoms with Gasteiger partial charge in [-0.1, -0.05) is 0 Å². The molecule has 9 nitrogen and oxygen atoms in total. The highest BCUT2D eigenvalue weighted by molar-refractivity contribution is 7.13. The van der Waals surface area contributed by atoms with Gasteiger partial charge in [-0.2, -0.15) is 10.2 Å². The predicted octanol–water partition coefficient (Wildman–Crippen LogP) is 0.411. The van der Waals surface area contributed by atoms with Gasteiger partial charge >= 0.3 is 11.9 Å². The van der Waals surface area contributed by atoms with Crippen molar-refractivity contribution in [2.24, 2.45) is 5.73 Å². The van der Waals surface area contributed by atoms with E-state index in [4.69, 9.17) is 15.9 Å². The molecule has 0 saturated carbocycles. The van der Waals surface area contributed by atoms with Crippen molar-refractivity contribution in [1.29, 1.82) is 0 Å². The Bertz CT molecular complexity index is 683. The molecule has 0 aromatic carbocycles. The van der Waals surface area contributed by atoms with Gasteiger partial charge in [0.25, 0.3) is 5.91 Å². The van der Waals surface area contributed by atoms with E-state index >= 15 is 0 Å². The zero-order chi connectivity index (χ0) is 16.5. The van der Waals surface area contributed by atoms with Gasteiger partial charge in [0.1, 0.15) is 10.7 Å². The molecule has 114 valence electrons. The van der Waals surface area contributed by atoms with Gasteiger partial charge in [0.15, 0.2) is 0 Å². The first-order chi connectivity index (χ1) is 10.4. The third-order valence-corrected chi connectivity index (χ3v) is 2.85. The van der Waals surface area contributed by atoms with Crippen molar-refractivity contribution < 1.29 is 24.6 Å². The monoisotopic (exact) mass is 322 g/mol. The van der Waals surface area contributed by atoms with E-state index in [1.807, 2.05) is 0 Å². The Labute approximate surface area is 127 Å². The molecule has 0 aliphatic rings. The number of carbonyl (C=O) groups is 3. The van der Waals surface area contributed by atoms with Gasteiger partial charge in [-0.05, 0) is 6.07 Å². The van der Waals surface area contributed by atoms with Gasteiger partial charge in [-0.25, -0.2) is 14.6 Å². The summed E-state index contributed by atoms with van der Waals surface area (Å²) in [4.78, 5) is 33.9. The molecule has 2 aromatic heterocycles. The molecule has 4 N–H and O–H groups in total. The quantitative estimate of drug-likeness (QED) is 0.683. The normalized spacial score (nSPS) is 9.82. The summed E-state index contributed by atoms with van der Waals surface area (Å²) in [5.41, 5.74) is 6.19. The average molecular weight is 322 g/mol. The molecule has 0 fully saturated rings. The molecule has 0 aliphatic carbocycles. The average Bonchev–Trinajstić information content (AvgIpc) is 2.97. The maximum absolute atomic E-state index is 10.8. The van der Waals surface area contributed by atoms with Crippen LogP contribution in [0.2, 0.25) is 0 Å². The number of hydrogen-bond acceptors (Lipinski definition) is 7. The van der Waals surface area contributed by atoms with Gasteiger partial charge in [-0.3, -0.25) is 4.79 Å². The molecule has 1 amide bonds. The number of thiazole rings is 1. The Morgan fingerprint density at radius 3 is 2.18 bits per heavy atom. The lowest BCUT2D eigenvalue weighted by Gasteiger charge is -1.91. The lowest BCUT2D eigenvalue weighted by atomic mass is 10.3. The maximum atomic E-state index is 10.8. The summed E-state index contributed by atoms with van der Waals surface area (Å²) in [5, 5.41) is 25.3. The summed E-state index contributed by atoms with van der Waals surface area (Å²) < 4.78 is 0. The fraction of sp³-hybridized carbons (Fsp3) is 0. The Morgan fingerprint density at radius 2 is 1.77 bits per heavy atom. The number of amides is 1. The number of rotatable bonds is 4. The Balaban J connectivity index is 0.000000261. The highest BCUT2D eigenvalue weighted by Crippen LogP contribution is 2.21. The van der Waals surface area contributed by atoms with E-state index in [9.17, 15) is 14.4 Å². The van der Waals surface area contributed by atoms with Crippen LogP contribution in [0.3, 0.4) is 0 Å². The fourth-order valence-corrected chi connectivity index (χ4v) is 1.88. The first-order valence-electron chi connectivity index (χ1n) is 5.56. The lowest BCUT2D eigenvalue weighted by molar-refractivity contribution is -0.134. The van der Waals surface area contributed by atoms with Gasteiger partial charge in [-0.15, -0.1) is 11.3 Å². The van der Waals surface area contributed by atoms with E-state index in [0.717, 1.165) is 5.56 Å². The van der Waals surface area contributed by atoms with Gasteiger partial charge in [0.2, 0.25) is 0 Å². The van der Waals surface area contributed by atoms with E-state index in [1.165, 1.54) is 11.3 Å². The Morgan fingerprint density at radius 1 is 1.14 bits per heavy atom. The van der Waals surface area contributed by atoms with Crippen LogP contribution in [0.25, 0.3) is 10.6 Å². The van der Waals surface area contributed by atoms with Crippen molar-refractivity contribution in [3.05, 3.63) is 41.7 Å². The summed E-state index contributed by atoms with van der Waals surface area (Å²) in [7, 11) is 0. The number of nitrogens with zero attached hydrogens (tertiary/aromatic N) is 3. The summed E-state index contributed by atoms with van der Waals surface area (Å²) >= 11 is 1.35. The molecule has 2 rings (SSSR count). The van der Waals surface area contributed by atoms with E-state index in [-0.39, 0.29) is 5.69 Å². The van der Waals surface area contributed by atoms with Crippen molar-refractivity contribution in [3.63, 3.8) is 0 Å². The number of aliphatic carboxylic acids is 2. The van der Waals surface area contributed by atoms with Crippen LogP contribution < -0.4 is 5.73 Å². The van der Waals surface area contributed by atoms with Crippen molar-refractivity contribution >= 4 is 29.2 Å². The number of nitrogens with two attached hydrogens (primary N) is 1. The molecule has 10 heteroatoms. The molecule has 0 spiro atoms. The highest BCUT2D eigenvalue weighted by Gasteiger charge is 2.08. The van der Waals surface area contributed by atoms with Gasteiger partial charge in [0.05, 0.1) is 12.4 Å². The van der Waals surface area contributed by atoms with Crippen LogP contribution in [-0.4, -0.2) is 43.2 Å². The highest BCUT2D eigenvalue weighted by atomic mass is 32.1. The topological polar surface area (TPSA) is 156 Å². The second-order valence-electron chi connectivity index (χ2n) is 3.54. The summed E-state index contributed by atoms with van der Waals surface area (Å²) in [6.45, 7) is 0. The molecule has 0 bridgehead atoms. The van der Waals surface area contributed by atoms with Crippen LogP contribution in [0.15, 0.2) is 36.0 Å². The SMILES string of the molecule is NC(=O)c1csc(-c2ccnnc2)n1.O=C(O)/C=C/C(=O)O. The predicted molar refractivity (Wildman–Crippen MR) is 76.1 cm³/mol. The zero-order valence-electron chi connectivity index (χ0n) is 10.9. The standard InChI is InChI=1S/C8H6N4OS.C4H4O4/c9-7(13)6-4-14-8(12-6)5-1-2-10-11-3-5;5-3(6)1-2-4(7)8/h1-4H,(H2,9,13);1-2H,(H,5,6)(H,7,8)/b;2-1+. The second kappa shape index (κ2) is 8.21. The number of aromatic nitrogens is 3. The van der Waals surface area contributed by atoms with E-state index in [1.54, 1.807) is 23.8 Å². The summed E-state index contributed by atoms with van der Waals surface area (Å²) in [5.74, 6) is -3.03. The molecular weight excluding hydrogens is 312 g/mol.